The maximum absolute atomic E-state index is 12.0. The van der Waals surface area contributed by atoms with E-state index in [1.807, 2.05) is 12.1 Å². The molecule has 0 unspecified atom stereocenters. The van der Waals surface area contributed by atoms with Gasteiger partial charge in [-0.3, -0.25) is 4.79 Å². The van der Waals surface area contributed by atoms with Crippen LogP contribution in [0.2, 0.25) is 0 Å². The highest BCUT2D eigenvalue weighted by molar-refractivity contribution is 9.10. The molecule has 1 aromatic rings. The number of amidine groups is 1. The SMILES string of the molecule is N/C(=N/O)C1(C(=O)Nc2ccc(Br)cc2)CC1. The third-order valence-corrected chi connectivity index (χ3v) is 3.41. The minimum absolute atomic E-state index is 0.0212. The van der Waals surface area contributed by atoms with Gasteiger partial charge in [-0.2, -0.15) is 0 Å². The van der Waals surface area contributed by atoms with Gasteiger partial charge in [-0.1, -0.05) is 21.1 Å². The molecular formula is C11H12BrN3O2. The Bertz CT molecular complexity index is 466. The summed E-state index contributed by atoms with van der Waals surface area (Å²) in [4.78, 5) is 12.0. The number of rotatable bonds is 3. The zero-order valence-corrected chi connectivity index (χ0v) is 10.6. The van der Waals surface area contributed by atoms with Crippen LogP contribution in [-0.4, -0.2) is 17.0 Å². The molecule has 0 heterocycles. The summed E-state index contributed by atoms with van der Waals surface area (Å²) in [7, 11) is 0. The van der Waals surface area contributed by atoms with Gasteiger partial charge in [0.2, 0.25) is 5.91 Å². The van der Waals surface area contributed by atoms with Gasteiger partial charge in [0.15, 0.2) is 5.84 Å². The Hall–Kier alpha value is -1.56. The highest BCUT2D eigenvalue weighted by Gasteiger charge is 2.54. The van der Waals surface area contributed by atoms with Gasteiger partial charge in [0.1, 0.15) is 5.41 Å². The van der Waals surface area contributed by atoms with Gasteiger partial charge in [-0.25, -0.2) is 0 Å². The molecule has 6 heteroatoms. The largest absolute Gasteiger partial charge is 0.409 e. The molecule has 1 fully saturated rings. The Kier molecular flexibility index (Phi) is 3.06. The predicted molar refractivity (Wildman–Crippen MR) is 67.8 cm³/mol. The standard InChI is InChI=1S/C11H12BrN3O2/c12-7-1-3-8(4-2-7)14-10(16)11(5-6-11)9(13)15-17/h1-4,17H,5-6H2,(H2,13,15)(H,14,16). The molecule has 4 N–H and O–H groups in total. The first-order valence-electron chi connectivity index (χ1n) is 5.13. The van der Waals surface area contributed by atoms with Crippen molar-refractivity contribution in [3.63, 3.8) is 0 Å². The van der Waals surface area contributed by atoms with Crippen LogP contribution in [0.1, 0.15) is 12.8 Å². The number of benzene rings is 1. The van der Waals surface area contributed by atoms with Crippen molar-refractivity contribution >= 4 is 33.4 Å². The van der Waals surface area contributed by atoms with Gasteiger partial charge in [0.25, 0.3) is 0 Å². The zero-order chi connectivity index (χ0) is 12.5. The Labute approximate surface area is 107 Å². The van der Waals surface area contributed by atoms with Crippen LogP contribution in [0, 0.1) is 5.41 Å². The van der Waals surface area contributed by atoms with E-state index in [4.69, 9.17) is 10.9 Å². The van der Waals surface area contributed by atoms with Crippen LogP contribution in [-0.2, 0) is 4.79 Å². The Balaban J connectivity index is 2.10. The molecule has 5 nitrogen and oxygen atoms in total. The van der Waals surface area contributed by atoms with Crippen LogP contribution in [0.25, 0.3) is 0 Å². The average Bonchev–Trinajstić information content (AvgIpc) is 3.12. The molecule has 1 saturated carbocycles. The van der Waals surface area contributed by atoms with Gasteiger partial charge in [0, 0.05) is 10.2 Å². The Morgan fingerprint density at radius 3 is 2.47 bits per heavy atom. The lowest BCUT2D eigenvalue weighted by Crippen LogP contribution is -2.36. The van der Waals surface area contributed by atoms with Gasteiger partial charge < -0.3 is 16.3 Å². The summed E-state index contributed by atoms with van der Waals surface area (Å²) in [5, 5.41) is 14.3. The lowest BCUT2D eigenvalue weighted by atomic mass is 10.1. The molecule has 0 atom stereocenters. The van der Waals surface area contributed by atoms with E-state index in [2.05, 4.69) is 26.4 Å². The lowest BCUT2D eigenvalue weighted by molar-refractivity contribution is -0.119. The molecule has 0 aliphatic heterocycles. The fourth-order valence-corrected chi connectivity index (χ4v) is 1.87. The number of halogens is 1. The van der Waals surface area contributed by atoms with Crippen LogP contribution in [0.5, 0.6) is 0 Å². The molecule has 17 heavy (non-hydrogen) atoms. The molecule has 0 radical (unpaired) electrons. The van der Waals surface area contributed by atoms with Crippen molar-refractivity contribution in [1.29, 1.82) is 0 Å². The second-order valence-corrected chi connectivity index (χ2v) is 4.94. The summed E-state index contributed by atoms with van der Waals surface area (Å²) in [6.07, 6.45) is 1.23. The van der Waals surface area contributed by atoms with Crippen molar-refractivity contribution in [1.82, 2.24) is 0 Å². The van der Waals surface area contributed by atoms with E-state index in [9.17, 15) is 4.79 Å². The summed E-state index contributed by atoms with van der Waals surface area (Å²) >= 11 is 3.31. The number of hydrogen-bond acceptors (Lipinski definition) is 3. The van der Waals surface area contributed by atoms with E-state index < -0.39 is 5.41 Å². The van der Waals surface area contributed by atoms with Gasteiger partial charge in [-0.05, 0) is 37.1 Å². The average molecular weight is 298 g/mol. The highest BCUT2D eigenvalue weighted by Crippen LogP contribution is 2.46. The summed E-state index contributed by atoms with van der Waals surface area (Å²) in [6, 6.07) is 7.23. The number of carbonyl (C=O) groups is 1. The van der Waals surface area contributed by atoms with Crippen molar-refractivity contribution in [2.45, 2.75) is 12.8 Å². The molecule has 2 rings (SSSR count). The first-order chi connectivity index (χ1) is 8.08. The molecule has 0 bridgehead atoms. The van der Waals surface area contributed by atoms with E-state index in [0.29, 0.717) is 18.5 Å². The van der Waals surface area contributed by atoms with Gasteiger partial charge >= 0.3 is 0 Å². The molecule has 0 aromatic heterocycles. The lowest BCUT2D eigenvalue weighted by Gasteiger charge is -2.13. The van der Waals surface area contributed by atoms with Crippen molar-refractivity contribution in [2.75, 3.05) is 5.32 Å². The Morgan fingerprint density at radius 2 is 2.00 bits per heavy atom. The van der Waals surface area contributed by atoms with Gasteiger partial charge in [-0.15, -0.1) is 0 Å². The molecule has 0 spiro atoms. The number of oxime groups is 1. The normalized spacial score (nSPS) is 17.6. The minimum atomic E-state index is -0.818. The van der Waals surface area contributed by atoms with Crippen molar-refractivity contribution < 1.29 is 10.0 Å². The number of anilines is 1. The van der Waals surface area contributed by atoms with Gasteiger partial charge in [0.05, 0.1) is 0 Å². The van der Waals surface area contributed by atoms with Crippen LogP contribution >= 0.6 is 15.9 Å². The zero-order valence-electron chi connectivity index (χ0n) is 8.98. The first-order valence-corrected chi connectivity index (χ1v) is 5.93. The molecule has 1 aromatic carbocycles. The van der Waals surface area contributed by atoms with Crippen molar-refractivity contribution in [2.24, 2.45) is 16.3 Å². The quantitative estimate of drug-likeness (QED) is 0.345. The van der Waals surface area contributed by atoms with Crippen LogP contribution in [0.3, 0.4) is 0 Å². The number of hydrogen-bond donors (Lipinski definition) is 3. The van der Waals surface area contributed by atoms with E-state index >= 15 is 0 Å². The van der Waals surface area contributed by atoms with Crippen molar-refractivity contribution in [3.8, 4) is 0 Å². The first kappa shape index (κ1) is 11.9. The number of carbonyl (C=O) groups excluding carboxylic acids is 1. The maximum Gasteiger partial charge on any atom is 0.238 e. The topological polar surface area (TPSA) is 87.7 Å². The third kappa shape index (κ3) is 2.26. The monoisotopic (exact) mass is 297 g/mol. The number of amides is 1. The third-order valence-electron chi connectivity index (χ3n) is 2.88. The molecule has 1 aliphatic carbocycles. The van der Waals surface area contributed by atoms with E-state index in [1.54, 1.807) is 12.1 Å². The highest BCUT2D eigenvalue weighted by atomic mass is 79.9. The second kappa shape index (κ2) is 4.37. The molecule has 1 amide bonds. The van der Waals surface area contributed by atoms with E-state index in [1.165, 1.54) is 0 Å². The predicted octanol–water partition coefficient (Wildman–Crippen LogP) is 1.91. The second-order valence-electron chi connectivity index (χ2n) is 4.03. The molecule has 90 valence electrons. The number of nitrogens with one attached hydrogen (secondary N) is 1. The van der Waals surface area contributed by atoms with Crippen LogP contribution in [0.15, 0.2) is 33.9 Å². The summed E-state index contributed by atoms with van der Waals surface area (Å²) in [5.41, 5.74) is 5.40. The number of nitrogens with zero attached hydrogens (tertiary/aromatic N) is 1. The molecular weight excluding hydrogens is 286 g/mol. The molecule has 0 saturated heterocycles. The maximum atomic E-state index is 12.0. The Morgan fingerprint density at radius 1 is 1.41 bits per heavy atom. The molecule has 1 aliphatic rings. The van der Waals surface area contributed by atoms with Crippen LogP contribution < -0.4 is 11.1 Å². The fraction of sp³-hybridized carbons (Fsp3) is 0.273. The fourth-order valence-electron chi connectivity index (χ4n) is 1.60. The number of nitrogens with two attached hydrogens (primary N) is 1. The summed E-state index contributed by atoms with van der Waals surface area (Å²) in [5.74, 6) is -0.248. The minimum Gasteiger partial charge on any atom is -0.409 e. The summed E-state index contributed by atoms with van der Waals surface area (Å²) < 4.78 is 0.938. The van der Waals surface area contributed by atoms with Crippen LogP contribution in [0.4, 0.5) is 5.69 Å². The summed E-state index contributed by atoms with van der Waals surface area (Å²) in [6.45, 7) is 0. The van der Waals surface area contributed by atoms with Crippen molar-refractivity contribution in [3.05, 3.63) is 28.7 Å². The van der Waals surface area contributed by atoms with E-state index in [-0.39, 0.29) is 11.7 Å². The van der Waals surface area contributed by atoms with E-state index in [0.717, 1.165) is 4.47 Å². The smallest absolute Gasteiger partial charge is 0.238 e.